The zero-order valence-electron chi connectivity index (χ0n) is 13.5. The lowest BCUT2D eigenvalue weighted by molar-refractivity contribution is -0.120. The van der Waals surface area contributed by atoms with E-state index < -0.39 is 0 Å². The number of amides is 2. The van der Waals surface area contributed by atoms with Crippen LogP contribution in [-0.4, -0.2) is 64.2 Å². The first kappa shape index (κ1) is 18.1. The Morgan fingerprint density at radius 1 is 1.23 bits per heavy atom. The molecule has 0 aromatic heterocycles. The number of hydrogen-bond acceptors (Lipinski definition) is 4. The number of ether oxygens (including phenoxy) is 1. The van der Waals surface area contributed by atoms with Crippen LogP contribution in [0.3, 0.4) is 0 Å². The minimum absolute atomic E-state index is 0.0202. The third-order valence-corrected chi connectivity index (χ3v) is 3.08. The molecule has 6 nitrogen and oxygen atoms in total. The summed E-state index contributed by atoms with van der Waals surface area (Å²) in [5, 5.41) is 5.83. The molecular formula is C16H25N3O3. The molecule has 0 aliphatic carbocycles. The quantitative estimate of drug-likeness (QED) is 0.643. The SMILES string of the molecule is COCCNCC(=O)NCCc1cccc(C(=O)N(C)C)c1. The Labute approximate surface area is 131 Å². The zero-order valence-corrected chi connectivity index (χ0v) is 13.5. The highest BCUT2D eigenvalue weighted by atomic mass is 16.5. The fraction of sp³-hybridized carbons (Fsp3) is 0.500. The standard InChI is InChI=1S/C16H25N3O3/c1-19(2)16(21)14-6-4-5-13(11-14)7-8-18-15(20)12-17-9-10-22-3/h4-6,11,17H,7-10,12H2,1-3H3,(H,18,20). The molecule has 0 unspecified atom stereocenters. The average molecular weight is 307 g/mol. The maximum atomic E-state index is 11.9. The molecule has 0 bridgehead atoms. The van der Waals surface area contributed by atoms with Crippen LogP contribution in [0.25, 0.3) is 0 Å². The van der Waals surface area contributed by atoms with E-state index in [1.54, 1.807) is 32.2 Å². The Bertz CT molecular complexity index is 489. The molecule has 0 saturated heterocycles. The lowest BCUT2D eigenvalue weighted by Crippen LogP contribution is -2.36. The smallest absolute Gasteiger partial charge is 0.253 e. The van der Waals surface area contributed by atoms with Crippen molar-refractivity contribution >= 4 is 11.8 Å². The summed E-state index contributed by atoms with van der Waals surface area (Å²) in [7, 11) is 5.08. The van der Waals surface area contributed by atoms with E-state index in [2.05, 4.69) is 10.6 Å². The van der Waals surface area contributed by atoms with E-state index >= 15 is 0 Å². The monoisotopic (exact) mass is 307 g/mol. The second kappa shape index (κ2) is 9.92. The number of hydrogen-bond donors (Lipinski definition) is 2. The summed E-state index contributed by atoms with van der Waals surface area (Å²) in [6, 6.07) is 7.48. The molecule has 0 saturated carbocycles. The second-order valence-electron chi connectivity index (χ2n) is 5.17. The first-order valence-electron chi connectivity index (χ1n) is 7.31. The number of rotatable bonds is 9. The van der Waals surface area contributed by atoms with Crippen LogP contribution >= 0.6 is 0 Å². The van der Waals surface area contributed by atoms with Gasteiger partial charge in [-0.25, -0.2) is 0 Å². The van der Waals surface area contributed by atoms with Crippen LogP contribution in [-0.2, 0) is 16.0 Å². The Kier molecular flexibility index (Phi) is 8.17. The first-order chi connectivity index (χ1) is 10.5. The summed E-state index contributed by atoms with van der Waals surface area (Å²) < 4.78 is 4.88. The van der Waals surface area contributed by atoms with Crippen LogP contribution in [0, 0.1) is 0 Å². The summed E-state index contributed by atoms with van der Waals surface area (Å²) >= 11 is 0. The first-order valence-corrected chi connectivity index (χ1v) is 7.31. The third-order valence-electron chi connectivity index (χ3n) is 3.08. The van der Waals surface area contributed by atoms with Crippen molar-refractivity contribution in [1.82, 2.24) is 15.5 Å². The van der Waals surface area contributed by atoms with Crippen molar-refractivity contribution in [2.24, 2.45) is 0 Å². The van der Waals surface area contributed by atoms with Crippen molar-refractivity contribution in [3.05, 3.63) is 35.4 Å². The predicted molar refractivity (Wildman–Crippen MR) is 85.9 cm³/mol. The van der Waals surface area contributed by atoms with Crippen LogP contribution in [0.2, 0.25) is 0 Å². The van der Waals surface area contributed by atoms with Gasteiger partial charge in [0.15, 0.2) is 0 Å². The predicted octanol–water partition coefficient (Wildman–Crippen LogP) is 0.283. The van der Waals surface area contributed by atoms with Crippen molar-refractivity contribution in [2.75, 3.05) is 47.4 Å². The molecule has 0 heterocycles. The molecule has 2 amide bonds. The summed E-state index contributed by atoms with van der Waals surface area (Å²) in [5.41, 5.74) is 1.69. The maximum absolute atomic E-state index is 11.9. The molecule has 0 atom stereocenters. The molecule has 0 aliphatic rings. The van der Waals surface area contributed by atoms with Gasteiger partial charge in [0.25, 0.3) is 5.91 Å². The molecule has 0 aliphatic heterocycles. The molecule has 1 rings (SSSR count). The summed E-state index contributed by atoms with van der Waals surface area (Å²) in [4.78, 5) is 25.0. The molecule has 122 valence electrons. The molecular weight excluding hydrogens is 282 g/mol. The van der Waals surface area contributed by atoms with E-state index in [0.717, 1.165) is 5.56 Å². The van der Waals surface area contributed by atoms with Gasteiger partial charge >= 0.3 is 0 Å². The zero-order chi connectivity index (χ0) is 16.4. The molecule has 22 heavy (non-hydrogen) atoms. The van der Waals surface area contributed by atoms with E-state index in [9.17, 15) is 9.59 Å². The Balaban J connectivity index is 2.34. The molecule has 1 aromatic carbocycles. The van der Waals surface area contributed by atoms with Crippen molar-refractivity contribution in [1.29, 1.82) is 0 Å². The number of benzene rings is 1. The number of carbonyl (C=O) groups is 2. The van der Waals surface area contributed by atoms with Crippen molar-refractivity contribution in [3.63, 3.8) is 0 Å². The number of nitrogens with zero attached hydrogens (tertiary/aromatic N) is 1. The highest BCUT2D eigenvalue weighted by Crippen LogP contribution is 2.07. The highest BCUT2D eigenvalue weighted by Gasteiger charge is 2.08. The van der Waals surface area contributed by atoms with Gasteiger partial charge in [-0.3, -0.25) is 9.59 Å². The summed E-state index contributed by atoms with van der Waals surface area (Å²) in [6.45, 7) is 2.06. The van der Waals surface area contributed by atoms with Gasteiger partial charge in [0.1, 0.15) is 0 Å². The number of carbonyl (C=O) groups excluding carboxylic acids is 2. The molecule has 0 spiro atoms. The van der Waals surface area contributed by atoms with E-state index in [0.29, 0.717) is 31.7 Å². The van der Waals surface area contributed by atoms with Crippen LogP contribution < -0.4 is 10.6 Å². The van der Waals surface area contributed by atoms with Crippen LogP contribution in [0.15, 0.2) is 24.3 Å². The fourth-order valence-electron chi connectivity index (χ4n) is 1.90. The van der Waals surface area contributed by atoms with Gasteiger partial charge in [0.2, 0.25) is 5.91 Å². The van der Waals surface area contributed by atoms with Crippen molar-refractivity contribution in [2.45, 2.75) is 6.42 Å². The number of methoxy groups -OCH3 is 1. The lowest BCUT2D eigenvalue weighted by Gasteiger charge is -2.11. The van der Waals surface area contributed by atoms with Crippen LogP contribution in [0.1, 0.15) is 15.9 Å². The van der Waals surface area contributed by atoms with E-state index in [1.807, 2.05) is 18.2 Å². The van der Waals surface area contributed by atoms with Crippen LogP contribution in [0.5, 0.6) is 0 Å². The van der Waals surface area contributed by atoms with E-state index in [1.165, 1.54) is 0 Å². The van der Waals surface area contributed by atoms with Gasteiger partial charge in [-0.2, -0.15) is 0 Å². The Hall–Kier alpha value is -1.92. The van der Waals surface area contributed by atoms with Gasteiger partial charge in [0.05, 0.1) is 13.2 Å². The fourth-order valence-corrected chi connectivity index (χ4v) is 1.90. The van der Waals surface area contributed by atoms with Gasteiger partial charge < -0.3 is 20.3 Å². The number of nitrogens with one attached hydrogen (secondary N) is 2. The summed E-state index contributed by atoms with van der Waals surface area (Å²) in [6.07, 6.45) is 0.693. The molecule has 2 N–H and O–H groups in total. The average Bonchev–Trinajstić information content (AvgIpc) is 2.51. The minimum Gasteiger partial charge on any atom is -0.383 e. The molecule has 6 heteroatoms. The largest absolute Gasteiger partial charge is 0.383 e. The Morgan fingerprint density at radius 3 is 2.68 bits per heavy atom. The molecule has 0 fully saturated rings. The minimum atomic E-state index is -0.0448. The third kappa shape index (κ3) is 6.69. The molecule has 1 aromatic rings. The van der Waals surface area contributed by atoms with Crippen molar-refractivity contribution < 1.29 is 14.3 Å². The van der Waals surface area contributed by atoms with Gasteiger partial charge in [-0.05, 0) is 24.1 Å². The van der Waals surface area contributed by atoms with Gasteiger partial charge in [-0.1, -0.05) is 12.1 Å². The summed E-state index contributed by atoms with van der Waals surface area (Å²) in [5.74, 6) is -0.0649. The highest BCUT2D eigenvalue weighted by molar-refractivity contribution is 5.94. The Morgan fingerprint density at radius 2 is 2.00 bits per heavy atom. The maximum Gasteiger partial charge on any atom is 0.253 e. The lowest BCUT2D eigenvalue weighted by atomic mass is 10.1. The second-order valence-corrected chi connectivity index (χ2v) is 5.17. The van der Waals surface area contributed by atoms with E-state index in [4.69, 9.17) is 4.74 Å². The van der Waals surface area contributed by atoms with Gasteiger partial charge in [0, 0.05) is 39.9 Å². The van der Waals surface area contributed by atoms with Crippen molar-refractivity contribution in [3.8, 4) is 0 Å². The molecule has 0 radical (unpaired) electrons. The van der Waals surface area contributed by atoms with Gasteiger partial charge in [-0.15, -0.1) is 0 Å². The van der Waals surface area contributed by atoms with E-state index in [-0.39, 0.29) is 18.4 Å². The topological polar surface area (TPSA) is 70.7 Å². The van der Waals surface area contributed by atoms with Crippen LogP contribution in [0.4, 0.5) is 0 Å². The normalized spacial score (nSPS) is 10.3.